The van der Waals surface area contributed by atoms with E-state index in [1.54, 1.807) is 0 Å². The second-order valence-corrected chi connectivity index (χ2v) is 5.48. The van der Waals surface area contributed by atoms with Crippen LogP contribution in [0.4, 0.5) is 0 Å². The molecule has 2 heteroatoms. The van der Waals surface area contributed by atoms with Gasteiger partial charge in [-0.3, -0.25) is 4.79 Å². The van der Waals surface area contributed by atoms with Crippen molar-refractivity contribution in [3.8, 4) is 0 Å². The van der Waals surface area contributed by atoms with E-state index in [-0.39, 0.29) is 17.4 Å². The Kier molecular flexibility index (Phi) is 4.05. The van der Waals surface area contributed by atoms with Crippen LogP contribution in [0.15, 0.2) is 30.3 Å². The van der Waals surface area contributed by atoms with Crippen LogP contribution in [0, 0.1) is 5.92 Å². The molecule has 1 fully saturated rings. The van der Waals surface area contributed by atoms with Gasteiger partial charge in [-0.05, 0) is 31.2 Å². The highest BCUT2D eigenvalue weighted by Crippen LogP contribution is 2.41. The summed E-state index contributed by atoms with van der Waals surface area (Å²) in [5.74, 6) is 0.330. The minimum absolute atomic E-state index is 0.0830. The molecule has 0 aromatic heterocycles. The topological polar surface area (TPSA) is 29.1 Å². The maximum atomic E-state index is 12.2. The van der Waals surface area contributed by atoms with Crippen molar-refractivity contribution in [1.82, 2.24) is 5.32 Å². The van der Waals surface area contributed by atoms with E-state index >= 15 is 0 Å². The average molecular weight is 245 g/mol. The molecular weight excluding hydrogens is 222 g/mol. The van der Waals surface area contributed by atoms with Crippen LogP contribution < -0.4 is 5.32 Å². The molecule has 0 aliphatic heterocycles. The fourth-order valence-corrected chi connectivity index (χ4v) is 2.70. The van der Waals surface area contributed by atoms with Crippen molar-refractivity contribution in [3.63, 3.8) is 0 Å². The van der Waals surface area contributed by atoms with Gasteiger partial charge in [0.05, 0.1) is 5.54 Å². The first-order chi connectivity index (χ1) is 8.68. The summed E-state index contributed by atoms with van der Waals surface area (Å²) < 4.78 is 0. The van der Waals surface area contributed by atoms with E-state index in [1.807, 2.05) is 13.0 Å². The van der Waals surface area contributed by atoms with Crippen molar-refractivity contribution in [3.05, 3.63) is 35.9 Å². The molecule has 1 amide bonds. The number of rotatable bonds is 5. The molecule has 0 radical (unpaired) electrons. The van der Waals surface area contributed by atoms with Gasteiger partial charge in [-0.25, -0.2) is 0 Å². The maximum Gasteiger partial charge on any atom is 0.223 e. The van der Waals surface area contributed by atoms with Gasteiger partial charge in [0.2, 0.25) is 5.91 Å². The molecule has 98 valence electrons. The largest absolute Gasteiger partial charge is 0.346 e. The first-order valence-electron chi connectivity index (χ1n) is 7.05. The molecule has 1 aliphatic carbocycles. The number of hydrogen-bond donors (Lipinski definition) is 1. The van der Waals surface area contributed by atoms with Gasteiger partial charge < -0.3 is 5.32 Å². The van der Waals surface area contributed by atoms with Gasteiger partial charge in [0.25, 0.3) is 0 Å². The average Bonchev–Trinajstić information content (AvgIpc) is 2.35. The van der Waals surface area contributed by atoms with E-state index in [0.717, 1.165) is 25.7 Å². The monoisotopic (exact) mass is 245 g/mol. The lowest BCUT2D eigenvalue weighted by Gasteiger charge is -2.43. The first-order valence-corrected chi connectivity index (χ1v) is 7.05. The Bertz CT molecular complexity index is 395. The van der Waals surface area contributed by atoms with Crippen LogP contribution in [0.3, 0.4) is 0 Å². The van der Waals surface area contributed by atoms with Gasteiger partial charge in [-0.2, -0.15) is 0 Å². The van der Waals surface area contributed by atoms with Crippen molar-refractivity contribution in [1.29, 1.82) is 0 Å². The lowest BCUT2D eigenvalue weighted by Crippen LogP contribution is -2.52. The van der Waals surface area contributed by atoms with Crippen LogP contribution in [-0.4, -0.2) is 5.91 Å². The maximum absolute atomic E-state index is 12.2. The lowest BCUT2D eigenvalue weighted by molar-refractivity contribution is -0.128. The smallest absolute Gasteiger partial charge is 0.223 e. The van der Waals surface area contributed by atoms with E-state index in [2.05, 4.69) is 36.5 Å². The minimum Gasteiger partial charge on any atom is -0.346 e. The van der Waals surface area contributed by atoms with E-state index in [9.17, 15) is 4.79 Å². The Hall–Kier alpha value is -1.31. The molecule has 2 rings (SSSR count). The van der Waals surface area contributed by atoms with Crippen molar-refractivity contribution in [2.75, 3.05) is 0 Å². The second-order valence-electron chi connectivity index (χ2n) is 5.48. The summed E-state index contributed by atoms with van der Waals surface area (Å²) in [6, 6.07) is 10.4. The number of carbonyl (C=O) groups excluding carboxylic acids is 1. The van der Waals surface area contributed by atoms with E-state index in [0.29, 0.717) is 0 Å². The van der Waals surface area contributed by atoms with Crippen LogP contribution in [0.25, 0.3) is 0 Å². The van der Waals surface area contributed by atoms with Crippen LogP contribution >= 0.6 is 0 Å². The molecule has 1 unspecified atom stereocenters. The van der Waals surface area contributed by atoms with Crippen LogP contribution in [0.1, 0.15) is 51.5 Å². The number of carbonyl (C=O) groups is 1. The quantitative estimate of drug-likeness (QED) is 0.843. The van der Waals surface area contributed by atoms with Gasteiger partial charge >= 0.3 is 0 Å². The van der Waals surface area contributed by atoms with Crippen LogP contribution in [0.5, 0.6) is 0 Å². The second kappa shape index (κ2) is 5.55. The van der Waals surface area contributed by atoms with Crippen LogP contribution in [0.2, 0.25) is 0 Å². The minimum atomic E-state index is -0.0830. The first kappa shape index (κ1) is 13.1. The molecule has 1 aliphatic rings. The summed E-state index contributed by atoms with van der Waals surface area (Å²) in [6.07, 6.45) is 5.38. The van der Waals surface area contributed by atoms with Crippen molar-refractivity contribution >= 4 is 5.91 Å². The van der Waals surface area contributed by atoms with Crippen LogP contribution in [-0.2, 0) is 10.3 Å². The Morgan fingerprint density at radius 3 is 2.50 bits per heavy atom. The summed E-state index contributed by atoms with van der Waals surface area (Å²) in [6.45, 7) is 4.15. The molecule has 0 heterocycles. The molecule has 0 spiro atoms. The summed E-state index contributed by atoms with van der Waals surface area (Å²) in [4.78, 5) is 12.2. The highest BCUT2D eigenvalue weighted by molar-refractivity contribution is 5.79. The number of amides is 1. The highest BCUT2D eigenvalue weighted by atomic mass is 16.2. The zero-order chi connectivity index (χ0) is 13.0. The zero-order valence-electron chi connectivity index (χ0n) is 11.4. The summed E-state index contributed by atoms with van der Waals surface area (Å²) in [7, 11) is 0. The molecule has 1 N–H and O–H groups in total. The van der Waals surface area contributed by atoms with Crippen molar-refractivity contribution in [2.45, 2.75) is 51.5 Å². The van der Waals surface area contributed by atoms with Gasteiger partial charge in [0.1, 0.15) is 0 Å². The Morgan fingerprint density at radius 2 is 2.00 bits per heavy atom. The van der Waals surface area contributed by atoms with E-state index < -0.39 is 0 Å². The molecule has 1 saturated carbocycles. The molecule has 18 heavy (non-hydrogen) atoms. The fourth-order valence-electron chi connectivity index (χ4n) is 2.70. The summed E-state index contributed by atoms with van der Waals surface area (Å²) in [5.41, 5.74) is 1.17. The molecule has 0 saturated heterocycles. The molecular formula is C16H23NO. The normalized spacial score (nSPS) is 18.8. The predicted octanol–water partition coefficient (Wildman–Crippen LogP) is 3.62. The summed E-state index contributed by atoms with van der Waals surface area (Å²) in [5, 5.41) is 3.29. The SMILES string of the molecule is CCCC(C)C(=O)NC1(c2ccccc2)CCC1. The number of benzene rings is 1. The number of nitrogens with one attached hydrogen (secondary N) is 1. The van der Waals surface area contributed by atoms with Gasteiger partial charge in [-0.15, -0.1) is 0 Å². The molecule has 1 aromatic carbocycles. The van der Waals surface area contributed by atoms with Gasteiger partial charge in [0.15, 0.2) is 0 Å². The van der Waals surface area contributed by atoms with E-state index in [1.165, 1.54) is 12.0 Å². The Balaban J connectivity index is 2.08. The molecule has 1 atom stereocenters. The Labute approximate surface area is 110 Å². The molecule has 0 bridgehead atoms. The van der Waals surface area contributed by atoms with E-state index in [4.69, 9.17) is 0 Å². The molecule has 1 aromatic rings. The fraction of sp³-hybridized carbons (Fsp3) is 0.562. The number of hydrogen-bond acceptors (Lipinski definition) is 1. The third-order valence-corrected chi connectivity index (χ3v) is 4.07. The zero-order valence-corrected chi connectivity index (χ0v) is 11.4. The third kappa shape index (κ3) is 2.58. The highest BCUT2D eigenvalue weighted by Gasteiger charge is 2.40. The summed E-state index contributed by atoms with van der Waals surface area (Å²) >= 11 is 0. The van der Waals surface area contributed by atoms with Gasteiger partial charge in [-0.1, -0.05) is 50.6 Å². The lowest BCUT2D eigenvalue weighted by atomic mass is 9.71. The standard InChI is InChI=1S/C16H23NO/c1-3-8-13(2)15(18)17-16(11-7-12-16)14-9-5-4-6-10-14/h4-6,9-10,13H,3,7-8,11-12H2,1-2H3,(H,17,18). The predicted molar refractivity (Wildman–Crippen MR) is 74.2 cm³/mol. The molecule has 2 nitrogen and oxygen atoms in total. The third-order valence-electron chi connectivity index (χ3n) is 4.07. The van der Waals surface area contributed by atoms with Gasteiger partial charge in [0, 0.05) is 5.92 Å². The van der Waals surface area contributed by atoms with Crippen molar-refractivity contribution < 1.29 is 4.79 Å². The Morgan fingerprint density at radius 1 is 1.33 bits per heavy atom. The van der Waals surface area contributed by atoms with Crippen molar-refractivity contribution in [2.24, 2.45) is 5.92 Å².